The normalized spacial score (nSPS) is 10.9. The molecule has 2 aromatic carbocycles. The van der Waals surface area contributed by atoms with Crippen LogP contribution in [0.5, 0.6) is 0 Å². The fraction of sp³-hybridized carbons (Fsp3) is 0.200. The van der Waals surface area contributed by atoms with Crippen molar-refractivity contribution in [3.8, 4) is 5.69 Å². The molecule has 0 aliphatic rings. The number of anilines is 1. The summed E-state index contributed by atoms with van der Waals surface area (Å²) < 4.78 is 1.85. The molecule has 1 heterocycles. The highest BCUT2D eigenvalue weighted by molar-refractivity contribution is 6.33. The van der Waals surface area contributed by atoms with Crippen LogP contribution in [0.3, 0.4) is 0 Å². The number of hydrogen-bond acceptors (Lipinski definition) is 3. The van der Waals surface area contributed by atoms with Crippen LogP contribution in [0.4, 0.5) is 5.69 Å². The number of para-hydroxylation sites is 2. The van der Waals surface area contributed by atoms with Crippen molar-refractivity contribution < 1.29 is 4.79 Å². The molecule has 0 atom stereocenters. The molecular formula is C20H21ClN4O. The summed E-state index contributed by atoms with van der Waals surface area (Å²) >= 11 is 6.06. The number of hydrogen-bond donors (Lipinski definition) is 1. The maximum Gasteiger partial charge on any atom is 0.225 e. The molecule has 0 fully saturated rings. The molecule has 1 amide bonds. The highest BCUT2D eigenvalue weighted by Gasteiger charge is 2.09. The Balaban J connectivity index is 1.48. The lowest BCUT2D eigenvalue weighted by molar-refractivity contribution is -0.116. The summed E-state index contributed by atoms with van der Waals surface area (Å²) in [4.78, 5) is 14.2. The van der Waals surface area contributed by atoms with E-state index < -0.39 is 0 Å². The van der Waals surface area contributed by atoms with Gasteiger partial charge < -0.3 is 10.2 Å². The molecule has 0 saturated carbocycles. The molecule has 6 heteroatoms. The van der Waals surface area contributed by atoms with Crippen LogP contribution in [0.15, 0.2) is 67.0 Å². The van der Waals surface area contributed by atoms with Crippen LogP contribution in [0, 0.1) is 0 Å². The highest BCUT2D eigenvalue weighted by Crippen LogP contribution is 2.20. The standard InChI is InChI=1S/C20H21ClN4O/c1-24(12-11-20(26)23-19-10-6-5-9-18(19)21)14-16-13-22-25(15-16)17-7-3-2-4-8-17/h2-10,13,15H,11-12,14H2,1H3,(H,23,26). The third-order valence-electron chi connectivity index (χ3n) is 3.98. The number of carbonyl (C=O) groups excluding carboxylic acids is 1. The van der Waals surface area contributed by atoms with Gasteiger partial charge in [0.25, 0.3) is 0 Å². The zero-order valence-electron chi connectivity index (χ0n) is 14.6. The minimum absolute atomic E-state index is 0.0510. The monoisotopic (exact) mass is 368 g/mol. The zero-order chi connectivity index (χ0) is 18.4. The lowest BCUT2D eigenvalue weighted by Crippen LogP contribution is -2.24. The second kappa shape index (κ2) is 8.65. The molecule has 1 aromatic heterocycles. The highest BCUT2D eigenvalue weighted by atomic mass is 35.5. The predicted octanol–water partition coefficient (Wildman–Crippen LogP) is 3.99. The molecular weight excluding hydrogens is 348 g/mol. The summed E-state index contributed by atoms with van der Waals surface area (Å²) in [5.41, 5.74) is 2.77. The zero-order valence-corrected chi connectivity index (χ0v) is 15.4. The van der Waals surface area contributed by atoms with Crippen molar-refractivity contribution in [3.63, 3.8) is 0 Å². The first-order valence-corrected chi connectivity index (χ1v) is 8.81. The van der Waals surface area contributed by atoms with Crippen LogP contribution >= 0.6 is 11.6 Å². The van der Waals surface area contributed by atoms with E-state index >= 15 is 0 Å². The molecule has 0 spiro atoms. The number of aromatic nitrogens is 2. The topological polar surface area (TPSA) is 50.2 Å². The van der Waals surface area contributed by atoms with Crippen LogP contribution in [-0.4, -0.2) is 34.2 Å². The number of benzene rings is 2. The summed E-state index contributed by atoms with van der Waals surface area (Å²) in [5.74, 6) is -0.0510. The fourth-order valence-electron chi connectivity index (χ4n) is 2.62. The van der Waals surface area contributed by atoms with Crippen LogP contribution in [0.1, 0.15) is 12.0 Å². The fourth-order valence-corrected chi connectivity index (χ4v) is 2.81. The third kappa shape index (κ3) is 4.94. The van der Waals surface area contributed by atoms with Gasteiger partial charge in [0.15, 0.2) is 0 Å². The maximum atomic E-state index is 12.1. The number of rotatable bonds is 7. The molecule has 0 saturated heterocycles. The number of nitrogens with zero attached hydrogens (tertiary/aromatic N) is 3. The molecule has 0 aliphatic carbocycles. The van der Waals surface area contributed by atoms with Gasteiger partial charge >= 0.3 is 0 Å². The molecule has 26 heavy (non-hydrogen) atoms. The van der Waals surface area contributed by atoms with Gasteiger partial charge in [-0.05, 0) is 31.3 Å². The van der Waals surface area contributed by atoms with Gasteiger partial charge in [-0.3, -0.25) is 4.79 Å². The van der Waals surface area contributed by atoms with E-state index in [1.165, 1.54) is 0 Å². The second-order valence-electron chi connectivity index (χ2n) is 6.14. The number of carbonyl (C=O) groups is 1. The van der Waals surface area contributed by atoms with Crippen molar-refractivity contribution in [3.05, 3.63) is 77.6 Å². The van der Waals surface area contributed by atoms with Gasteiger partial charge in [-0.25, -0.2) is 4.68 Å². The van der Waals surface area contributed by atoms with Gasteiger partial charge in [0.05, 0.1) is 22.6 Å². The Bertz CT molecular complexity index is 863. The first-order chi connectivity index (χ1) is 12.6. The molecule has 0 unspecified atom stereocenters. The largest absolute Gasteiger partial charge is 0.325 e. The number of amides is 1. The average molecular weight is 369 g/mol. The minimum atomic E-state index is -0.0510. The van der Waals surface area contributed by atoms with E-state index in [0.717, 1.165) is 17.8 Å². The molecule has 3 aromatic rings. The van der Waals surface area contributed by atoms with E-state index in [1.54, 1.807) is 12.1 Å². The van der Waals surface area contributed by atoms with Crippen LogP contribution in [0.2, 0.25) is 5.02 Å². The number of halogens is 1. The van der Waals surface area contributed by atoms with Gasteiger partial charge in [-0.1, -0.05) is 41.9 Å². The van der Waals surface area contributed by atoms with E-state index in [1.807, 2.05) is 66.6 Å². The first kappa shape index (κ1) is 18.2. The maximum absolute atomic E-state index is 12.1. The smallest absolute Gasteiger partial charge is 0.225 e. The van der Waals surface area contributed by atoms with Gasteiger partial charge in [-0.15, -0.1) is 0 Å². The van der Waals surface area contributed by atoms with Gasteiger partial charge in [0, 0.05) is 31.3 Å². The van der Waals surface area contributed by atoms with E-state index in [4.69, 9.17) is 11.6 Å². The van der Waals surface area contributed by atoms with Gasteiger partial charge in [0.1, 0.15) is 0 Å². The lowest BCUT2D eigenvalue weighted by Gasteiger charge is -2.15. The SMILES string of the molecule is CN(CCC(=O)Nc1ccccc1Cl)Cc1cnn(-c2ccccc2)c1. The van der Waals surface area contributed by atoms with Crippen molar-refractivity contribution in [2.24, 2.45) is 0 Å². The van der Waals surface area contributed by atoms with Gasteiger partial charge in [-0.2, -0.15) is 5.10 Å². The summed E-state index contributed by atoms with van der Waals surface area (Å²) in [6, 6.07) is 17.2. The molecule has 0 aliphatic heterocycles. The first-order valence-electron chi connectivity index (χ1n) is 8.44. The van der Waals surface area contributed by atoms with Crippen molar-refractivity contribution in [2.75, 3.05) is 18.9 Å². The van der Waals surface area contributed by atoms with E-state index in [2.05, 4.69) is 15.3 Å². The Kier molecular flexibility index (Phi) is 6.04. The van der Waals surface area contributed by atoms with E-state index in [9.17, 15) is 4.79 Å². The van der Waals surface area contributed by atoms with Crippen molar-refractivity contribution in [1.82, 2.24) is 14.7 Å². The van der Waals surface area contributed by atoms with Crippen molar-refractivity contribution in [2.45, 2.75) is 13.0 Å². The Morgan fingerprint density at radius 1 is 1.15 bits per heavy atom. The Hall–Kier alpha value is -2.63. The Labute approximate surface area is 158 Å². The molecule has 134 valence electrons. The molecule has 3 rings (SSSR count). The second-order valence-corrected chi connectivity index (χ2v) is 6.55. The summed E-state index contributed by atoms with van der Waals surface area (Å²) in [6.07, 6.45) is 4.26. The Morgan fingerprint density at radius 3 is 2.65 bits per heavy atom. The van der Waals surface area contributed by atoms with E-state index in [-0.39, 0.29) is 5.91 Å². The van der Waals surface area contributed by atoms with Crippen LogP contribution in [0.25, 0.3) is 5.69 Å². The number of nitrogens with one attached hydrogen (secondary N) is 1. The summed E-state index contributed by atoms with van der Waals surface area (Å²) in [7, 11) is 1.99. The lowest BCUT2D eigenvalue weighted by atomic mass is 10.3. The van der Waals surface area contributed by atoms with Crippen LogP contribution < -0.4 is 5.32 Å². The summed E-state index contributed by atoms with van der Waals surface area (Å²) in [6.45, 7) is 1.37. The molecule has 0 radical (unpaired) electrons. The predicted molar refractivity (Wildman–Crippen MR) is 105 cm³/mol. The summed E-state index contributed by atoms with van der Waals surface area (Å²) in [5, 5.41) is 7.78. The Morgan fingerprint density at radius 2 is 1.88 bits per heavy atom. The van der Waals surface area contributed by atoms with Crippen molar-refractivity contribution >= 4 is 23.2 Å². The molecule has 0 bridgehead atoms. The minimum Gasteiger partial charge on any atom is -0.325 e. The van der Waals surface area contributed by atoms with Crippen molar-refractivity contribution in [1.29, 1.82) is 0 Å². The average Bonchev–Trinajstić information content (AvgIpc) is 3.11. The molecule has 1 N–H and O–H groups in total. The quantitative estimate of drug-likeness (QED) is 0.686. The van der Waals surface area contributed by atoms with Crippen LogP contribution in [-0.2, 0) is 11.3 Å². The molecule has 5 nitrogen and oxygen atoms in total. The van der Waals surface area contributed by atoms with Gasteiger partial charge in [0.2, 0.25) is 5.91 Å². The third-order valence-corrected chi connectivity index (χ3v) is 4.31. The van der Waals surface area contributed by atoms with E-state index in [0.29, 0.717) is 23.7 Å².